The molecule has 0 fully saturated rings. The van der Waals surface area contributed by atoms with Gasteiger partial charge < -0.3 is 25.4 Å². The topological polar surface area (TPSA) is 82.0 Å². The third-order valence-electron chi connectivity index (χ3n) is 4.08. The average molecular weight is 338 g/mol. The summed E-state index contributed by atoms with van der Waals surface area (Å²) in [6, 6.07) is 8.51. The fourth-order valence-electron chi connectivity index (χ4n) is 2.94. The minimum atomic E-state index is -0.122. The lowest BCUT2D eigenvalue weighted by Gasteiger charge is -2.28. The van der Waals surface area contributed by atoms with Crippen LogP contribution in [0, 0.1) is 0 Å². The molecule has 1 heterocycles. The molecule has 1 aliphatic heterocycles. The van der Waals surface area contributed by atoms with E-state index in [2.05, 4.69) is 5.32 Å². The quantitative estimate of drug-likeness (QED) is 0.647. The fourth-order valence-corrected chi connectivity index (χ4v) is 2.94. The second-order valence-corrected chi connectivity index (χ2v) is 5.51. The van der Waals surface area contributed by atoms with Gasteiger partial charge in [-0.3, -0.25) is 0 Å². The largest absolute Gasteiger partial charge is 0.504 e. The summed E-state index contributed by atoms with van der Waals surface area (Å²) >= 11 is 0. The third kappa shape index (κ3) is 3.46. The highest BCUT2D eigenvalue weighted by atomic mass is 35.5. The van der Waals surface area contributed by atoms with Gasteiger partial charge in [0, 0.05) is 6.04 Å². The Bertz CT molecular complexity index is 705. The molecule has 0 bridgehead atoms. The van der Waals surface area contributed by atoms with Gasteiger partial charge >= 0.3 is 0 Å². The van der Waals surface area contributed by atoms with Gasteiger partial charge in [0.1, 0.15) is 0 Å². The molecule has 0 aliphatic carbocycles. The van der Waals surface area contributed by atoms with Crippen molar-refractivity contribution in [2.75, 3.05) is 13.7 Å². The van der Waals surface area contributed by atoms with Gasteiger partial charge in [0.15, 0.2) is 23.0 Å². The molecule has 1 atom stereocenters. The second kappa shape index (κ2) is 6.98. The zero-order valence-electron chi connectivity index (χ0n) is 12.7. The predicted octanol–water partition coefficient (Wildman–Crippen LogP) is 2.66. The van der Waals surface area contributed by atoms with Gasteiger partial charge in [-0.05, 0) is 60.3 Å². The first kappa shape index (κ1) is 17.2. The van der Waals surface area contributed by atoms with Crippen molar-refractivity contribution in [3.63, 3.8) is 0 Å². The van der Waals surface area contributed by atoms with Gasteiger partial charge in [0.05, 0.1) is 7.11 Å². The lowest BCUT2D eigenvalue weighted by molar-refractivity contribution is 0.370. The van der Waals surface area contributed by atoms with Crippen LogP contribution in [0.5, 0.6) is 23.0 Å². The third-order valence-corrected chi connectivity index (χ3v) is 4.08. The van der Waals surface area contributed by atoms with Gasteiger partial charge in [0.25, 0.3) is 0 Å². The molecule has 124 valence electrons. The number of nitrogens with one attached hydrogen (secondary N) is 1. The van der Waals surface area contributed by atoms with Crippen molar-refractivity contribution < 1.29 is 20.1 Å². The van der Waals surface area contributed by atoms with Crippen LogP contribution in [-0.4, -0.2) is 29.0 Å². The molecule has 2 aromatic rings. The Labute approximate surface area is 141 Å². The number of hydrogen-bond donors (Lipinski definition) is 4. The minimum absolute atomic E-state index is 0. The number of benzene rings is 2. The Morgan fingerprint density at radius 1 is 1.09 bits per heavy atom. The van der Waals surface area contributed by atoms with Gasteiger partial charge in [0.2, 0.25) is 0 Å². The van der Waals surface area contributed by atoms with Crippen LogP contribution in [0.15, 0.2) is 30.3 Å². The Kier molecular flexibility index (Phi) is 5.23. The van der Waals surface area contributed by atoms with Crippen molar-refractivity contribution in [2.45, 2.75) is 18.9 Å². The molecular formula is C17H20ClNO4. The highest BCUT2D eigenvalue weighted by Crippen LogP contribution is 2.36. The van der Waals surface area contributed by atoms with Crippen LogP contribution in [0.2, 0.25) is 0 Å². The minimum Gasteiger partial charge on any atom is -0.504 e. The maximum absolute atomic E-state index is 10.0. The Morgan fingerprint density at radius 2 is 1.87 bits per heavy atom. The fraction of sp³-hybridized carbons (Fsp3) is 0.294. The SMILES string of the molecule is COc1cc2c(cc1O)[C@H](Cc1ccc(O)c(O)c1)NCC2.Cl. The number of rotatable bonds is 3. The van der Waals surface area contributed by atoms with E-state index in [-0.39, 0.29) is 35.7 Å². The van der Waals surface area contributed by atoms with Crippen LogP contribution in [-0.2, 0) is 12.8 Å². The summed E-state index contributed by atoms with van der Waals surface area (Å²) in [4.78, 5) is 0. The van der Waals surface area contributed by atoms with Crippen molar-refractivity contribution >= 4 is 12.4 Å². The van der Waals surface area contributed by atoms with E-state index >= 15 is 0 Å². The molecule has 3 rings (SSSR count). The molecule has 23 heavy (non-hydrogen) atoms. The summed E-state index contributed by atoms with van der Waals surface area (Å²) < 4.78 is 5.16. The Balaban J connectivity index is 0.00000192. The molecule has 4 N–H and O–H groups in total. The number of phenols is 3. The first-order valence-electron chi connectivity index (χ1n) is 7.22. The summed E-state index contributed by atoms with van der Waals surface area (Å²) in [5.41, 5.74) is 3.11. The van der Waals surface area contributed by atoms with E-state index in [1.165, 1.54) is 6.07 Å². The predicted molar refractivity (Wildman–Crippen MR) is 89.8 cm³/mol. The zero-order valence-corrected chi connectivity index (χ0v) is 13.6. The molecule has 2 aromatic carbocycles. The highest BCUT2D eigenvalue weighted by molar-refractivity contribution is 5.85. The van der Waals surface area contributed by atoms with Crippen molar-refractivity contribution in [2.24, 2.45) is 0 Å². The highest BCUT2D eigenvalue weighted by Gasteiger charge is 2.22. The van der Waals surface area contributed by atoms with Crippen LogP contribution in [0.4, 0.5) is 0 Å². The van der Waals surface area contributed by atoms with Crippen LogP contribution in [0.3, 0.4) is 0 Å². The van der Waals surface area contributed by atoms with E-state index in [1.807, 2.05) is 6.07 Å². The Hall–Kier alpha value is -2.11. The lowest BCUT2D eigenvalue weighted by atomic mass is 9.90. The summed E-state index contributed by atoms with van der Waals surface area (Å²) in [6.45, 7) is 0.843. The Morgan fingerprint density at radius 3 is 2.57 bits per heavy atom. The molecule has 6 heteroatoms. The standard InChI is InChI=1S/C17H19NO4.ClH/c1-22-17-8-11-4-5-18-13(12(11)9-16(17)21)6-10-2-3-14(19)15(20)7-10;/h2-3,7-9,13,18-21H,4-6H2,1H3;1H/t13-;/m0./s1. The number of hydrogen-bond acceptors (Lipinski definition) is 5. The average Bonchev–Trinajstić information content (AvgIpc) is 2.51. The molecule has 0 spiro atoms. The number of aromatic hydroxyl groups is 3. The van der Waals surface area contributed by atoms with Crippen molar-refractivity contribution in [3.8, 4) is 23.0 Å². The molecule has 1 aliphatic rings. The van der Waals surface area contributed by atoms with Crippen molar-refractivity contribution in [1.29, 1.82) is 0 Å². The molecule has 0 amide bonds. The smallest absolute Gasteiger partial charge is 0.160 e. The molecule has 0 aromatic heterocycles. The normalized spacial score (nSPS) is 16.3. The number of ether oxygens (including phenoxy) is 1. The number of methoxy groups -OCH3 is 1. The van der Waals surface area contributed by atoms with E-state index in [1.54, 1.807) is 25.3 Å². The first-order valence-corrected chi connectivity index (χ1v) is 7.22. The summed E-state index contributed by atoms with van der Waals surface area (Å²) in [5, 5.41) is 32.4. The summed E-state index contributed by atoms with van der Waals surface area (Å²) in [6.07, 6.45) is 1.54. The zero-order chi connectivity index (χ0) is 15.7. The maximum atomic E-state index is 10.0. The van der Waals surface area contributed by atoms with Crippen LogP contribution in [0.25, 0.3) is 0 Å². The molecular weight excluding hydrogens is 318 g/mol. The monoisotopic (exact) mass is 337 g/mol. The van der Waals surface area contributed by atoms with Gasteiger partial charge in [-0.2, -0.15) is 0 Å². The summed E-state index contributed by atoms with van der Waals surface area (Å²) in [7, 11) is 1.54. The molecule has 0 radical (unpaired) electrons. The summed E-state index contributed by atoms with van der Waals surface area (Å²) in [5.74, 6) is 0.374. The van der Waals surface area contributed by atoms with Crippen molar-refractivity contribution in [1.82, 2.24) is 5.32 Å². The van der Waals surface area contributed by atoms with Gasteiger partial charge in [-0.1, -0.05) is 6.07 Å². The molecule has 0 unspecified atom stereocenters. The molecule has 5 nitrogen and oxygen atoms in total. The van der Waals surface area contributed by atoms with E-state index < -0.39 is 0 Å². The van der Waals surface area contributed by atoms with Gasteiger partial charge in [-0.15, -0.1) is 12.4 Å². The van der Waals surface area contributed by atoms with E-state index in [4.69, 9.17) is 4.74 Å². The van der Waals surface area contributed by atoms with Crippen molar-refractivity contribution in [3.05, 3.63) is 47.0 Å². The second-order valence-electron chi connectivity index (χ2n) is 5.51. The first-order chi connectivity index (χ1) is 10.6. The molecule has 0 saturated carbocycles. The van der Waals surface area contributed by atoms with Crippen LogP contribution < -0.4 is 10.1 Å². The van der Waals surface area contributed by atoms with Gasteiger partial charge in [-0.25, -0.2) is 0 Å². The van der Waals surface area contributed by atoms with E-state index in [0.29, 0.717) is 12.2 Å². The number of fused-ring (bicyclic) bond motifs is 1. The van der Waals surface area contributed by atoms with E-state index in [0.717, 1.165) is 29.7 Å². The maximum Gasteiger partial charge on any atom is 0.160 e. The van der Waals surface area contributed by atoms with E-state index in [9.17, 15) is 15.3 Å². The number of phenolic OH excluding ortho intramolecular Hbond substituents is 3. The lowest BCUT2D eigenvalue weighted by Crippen LogP contribution is -2.31. The van der Waals surface area contributed by atoms with Crippen LogP contribution >= 0.6 is 12.4 Å². The van der Waals surface area contributed by atoms with Crippen LogP contribution in [0.1, 0.15) is 22.7 Å². The number of halogens is 1. The molecule has 0 saturated heterocycles.